The van der Waals surface area contributed by atoms with Crippen LogP contribution in [0.4, 0.5) is 0 Å². The van der Waals surface area contributed by atoms with Crippen LogP contribution in [0.3, 0.4) is 0 Å². The average Bonchev–Trinajstić information content (AvgIpc) is 2.39. The Hall–Kier alpha value is -1.16. The van der Waals surface area contributed by atoms with Crippen LogP contribution in [0.25, 0.3) is 0 Å². The van der Waals surface area contributed by atoms with Gasteiger partial charge in [0.25, 0.3) is 0 Å². The quantitative estimate of drug-likeness (QED) is 0.642. The molecule has 0 bridgehead atoms. The minimum Gasteiger partial charge on any atom is -0.465 e. The van der Waals surface area contributed by atoms with Gasteiger partial charge in [-0.05, 0) is 30.5 Å². The van der Waals surface area contributed by atoms with Gasteiger partial charge in [-0.2, -0.15) is 0 Å². The van der Waals surface area contributed by atoms with Gasteiger partial charge in [0.15, 0.2) is 0 Å². The van der Waals surface area contributed by atoms with E-state index < -0.39 is 18.7 Å². The Morgan fingerprint density at radius 2 is 1.68 bits per heavy atom. The van der Waals surface area contributed by atoms with Crippen molar-refractivity contribution in [2.45, 2.75) is 31.8 Å². The summed E-state index contributed by atoms with van der Waals surface area (Å²) in [5.41, 5.74) is 0.900. The lowest BCUT2D eigenvalue weighted by molar-refractivity contribution is 0.0600. The second-order valence-corrected chi connectivity index (χ2v) is 6.30. The number of benzene rings is 1. The van der Waals surface area contributed by atoms with Crippen LogP contribution in [0, 0.1) is 0 Å². The molecule has 1 rings (SSSR count). The van der Waals surface area contributed by atoms with Crippen LogP contribution < -0.4 is 0 Å². The smallest absolute Gasteiger partial charge is 0.337 e. The Labute approximate surface area is 112 Å². The molecule has 0 atom stereocenters. The molecule has 0 fully saturated rings. The summed E-state index contributed by atoms with van der Waals surface area (Å²) in [5.74, 6) is -0.471. The molecular formula is C13H19O5P. The molecule has 0 saturated heterocycles. The molecule has 0 spiro atoms. The number of carbonyl (C=O) groups is 1. The molecule has 0 radical (unpaired) electrons. The first-order valence-corrected chi connectivity index (χ1v) is 7.68. The summed E-state index contributed by atoms with van der Waals surface area (Å²) in [6.45, 7) is 3.49. The summed E-state index contributed by atoms with van der Waals surface area (Å²) in [7, 11) is -3.00. The largest absolute Gasteiger partial charge is 0.465 e. The van der Waals surface area contributed by atoms with Gasteiger partial charge in [-0.25, -0.2) is 4.79 Å². The fourth-order valence-corrected chi connectivity index (χ4v) is 3.58. The topological polar surface area (TPSA) is 83.8 Å². The van der Waals surface area contributed by atoms with Crippen LogP contribution >= 0.6 is 7.60 Å². The Morgan fingerprint density at radius 3 is 2.00 bits per heavy atom. The zero-order valence-electron chi connectivity index (χ0n) is 11.3. The van der Waals surface area contributed by atoms with E-state index in [1.54, 1.807) is 26.0 Å². The van der Waals surface area contributed by atoms with Gasteiger partial charge in [-0.3, -0.25) is 4.57 Å². The first-order valence-electron chi connectivity index (χ1n) is 6.07. The van der Waals surface area contributed by atoms with Crippen LogP contribution in [0.5, 0.6) is 0 Å². The third kappa shape index (κ3) is 2.89. The van der Waals surface area contributed by atoms with E-state index in [2.05, 4.69) is 4.74 Å². The minimum absolute atomic E-state index is 0.325. The van der Waals surface area contributed by atoms with Crippen LogP contribution in [0.15, 0.2) is 24.3 Å². The number of hydrogen-bond donors (Lipinski definition) is 2. The minimum atomic E-state index is -4.29. The molecular weight excluding hydrogens is 267 g/mol. The van der Waals surface area contributed by atoms with Crippen molar-refractivity contribution in [3.05, 3.63) is 35.4 Å². The molecule has 0 aliphatic carbocycles. The maximum Gasteiger partial charge on any atom is 0.337 e. The predicted octanol–water partition coefficient (Wildman–Crippen LogP) is 2.67. The molecule has 1 aromatic rings. The molecule has 0 amide bonds. The van der Waals surface area contributed by atoms with E-state index in [4.69, 9.17) is 0 Å². The van der Waals surface area contributed by atoms with Crippen LogP contribution in [-0.2, 0) is 14.5 Å². The maximum atomic E-state index is 11.8. The highest BCUT2D eigenvalue weighted by atomic mass is 31.2. The molecule has 6 heteroatoms. The third-order valence-corrected chi connectivity index (χ3v) is 5.58. The summed E-state index contributed by atoms with van der Waals surface area (Å²) >= 11 is 0. The molecule has 0 unspecified atom stereocenters. The van der Waals surface area contributed by atoms with Crippen molar-refractivity contribution in [2.75, 3.05) is 7.11 Å². The van der Waals surface area contributed by atoms with E-state index in [0.717, 1.165) is 0 Å². The number of esters is 1. The lowest BCUT2D eigenvalue weighted by Crippen LogP contribution is -2.24. The molecule has 1 aromatic carbocycles. The zero-order valence-corrected chi connectivity index (χ0v) is 12.2. The number of rotatable bonds is 5. The Bertz CT molecular complexity index is 484. The van der Waals surface area contributed by atoms with E-state index in [1.165, 1.54) is 19.2 Å². The SMILES string of the molecule is CCC(CC)(c1ccc(C(=O)OC)cc1)P(=O)(O)O. The van der Waals surface area contributed by atoms with Crippen molar-refractivity contribution in [3.8, 4) is 0 Å². The molecule has 0 aliphatic rings. The summed E-state index contributed by atoms with van der Waals surface area (Å²) in [6.07, 6.45) is 0.650. The molecule has 106 valence electrons. The molecule has 0 aliphatic heterocycles. The predicted molar refractivity (Wildman–Crippen MR) is 72.1 cm³/mol. The third-order valence-electron chi connectivity index (χ3n) is 3.57. The molecule has 0 saturated carbocycles. The summed E-state index contributed by atoms with van der Waals surface area (Å²) < 4.78 is 16.4. The Morgan fingerprint density at radius 1 is 1.21 bits per heavy atom. The second-order valence-electron chi connectivity index (χ2n) is 4.35. The molecule has 19 heavy (non-hydrogen) atoms. The van der Waals surface area contributed by atoms with Gasteiger partial charge in [0.05, 0.1) is 17.8 Å². The van der Waals surface area contributed by atoms with Gasteiger partial charge in [0.2, 0.25) is 0 Å². The fourth-order valence-electron chi connectivity index (χ4n) is 2.27. The van der Waals surface area contributed by atoms with Crippen molar-refractivity contribution in [2.24, 2.45) is 0 Å². The second kappa shape index (κ2) is 5.87. The van der Waals surface area contributed by atoms with Crippen molar-refractivity contribution >= 4 is 13.6 Å². The Balaban J connectivity index is 3.27. The highest BCUT2D eigenvalue weighted by Gasteiger charge is 2.45. The molecule has 2 N–H and O–H groups in total. The fraction of sp³-hybridized carbons (Fsp3) is 0.462. The Kier molecular flexibility index (Phi) is 4.91. The van der Waals surface area contributed by atoms with Crippen LogP contribution in [0.1, 0.15) is 42.6 Å². The van der Waals surface area contributed by atoms with Crippen molar-refractivity contribution in [1.82, 2.24) is 0 Å². The maximum absolute atomic E-state index is 11.8. The van der Waals surface area contributed by atoms with Gasteiger partial charge in [-0.1, -0.05) is 26.0 Å². The first kappa shape index (κ1) is 15.9. The van der Waals surface area contributed by atoms with E-state index in [0.29, 0.717) is 24.0 Å². The lowest BCUT2D eigenvalue weighted by Gasteiger charge is -2.32. The van der Waals surface area contributed by atoms with Gasteiger partial charge in [-0.15, -0.1) is 0 Å². The summed E-state index contributed by atoms with van der Waals surface area (Å²) in [6, 6.07) is 6.21. The normalized spacial score (nSPS) is 12.3. The van der Waals surface area contributed by atoms with E-state index >= 15 is 0 Å². The molecule has 0 heterocycles. The van der Waals surface area contributed by atoms with Gasteiger partial charge >= 0.3 is 13.6 Å². The molecule has 0 aromatic heterocycles. The number of methoxy groups -OCH3 is 1. The van der Waals surface area contributed by atoms with E-state index in [9.17, 15) is 19.1 Å². The van der Waals surface area contributed by atoms with Gasteiger partial charge < -0.3 is 14.5 Å². The number of ether oxygens (including phenoxy) is 1. The lowest BCUT2D eigenvalue weighted by atomic mass is 9.92. The summed E-state index contributed by atoms with van der Waals surface area (Å²) in [5, 5.41) is -1.19. The van der Waals surface area contributed by atoms with Crippen molar-refractivity contribution in [1.29, 1.82) is 0 Å². The monoisotopic (exact) mass is 286 g/mol. The van der Waals surface area contributed by atoms with E-state index in [-0.39, 0.29) is 0 Å². The summed E-state index contributed by atoms with van der Waals surface area (Å²) in [4.78, 5) is 30.6. The van der Waals surface area contributed by atoms with Crippen LogP contribution in [-0.4, -0.2) is 22.9 Å². The highest BCUT2D eigenvalue weighted by molar-refractivity contribution is 7.53. The van der Waals surface area contributed by atoms with Gasteiger partial charge in [0.1, 0.15) is 0 Å². The van der Waals surface area contributed by atoms with E-state index in [1.807, 2.05) is 0 Å². The zero-order chi connectivity index (χ0) is 14.7. The van der Waals surface area contributed by atoms with Crippen molar-refractivity contribution in [3.63, 3.8) is 0 Å². The number of carbonyl (C=O) groups excluding carboxylic acids is 1. The first-order chi connectivity index (χ1) is 8.82. The molecule has 5 nitrogen and oxygen atoms in total. The van der Waals surface area contributed by atoms with Gasteiger partial charge in [0, 0.05) is 0 Å². The van der Waals surface area contributed by atoms with Crippen LogP contribution in [0.2, 0.25) is 0 Å². The standard InChI is InChI=1S/C13H19O5P/c1-4-13(5-2,19(15,16)17)11-8-6-10(7-9-11)12(14)18-3/h6-9H,4-5H2,1-3H3,(H2,15,16,17). The average molecular weight is 286 g/mol. The van der Waals surface area contributed by atoms with Crippen molar-refractivity contribution < 1.29 is 23.9 Å². The number of hydrogen-bond acceptors (Lipinski definition) is 3. The highest BCUT2D eigenvalue weighted by Crippen LogP contribution is 2.60.